The molecule has 0 spiro atoms. The van der Waals surface area contributed by atoms with Crippen molar-refractivity contribution in [3.05, 3.63) is 48.5 Å². The summed E-state index contributed by atoms with van der Waals surface area (Å²) in [6, 6.07) is 15.8. The van der Waals surface area contributed by atoms with Gasteiger partial charge in [-0.2, -0.15) is 0 Å². The van der Waals surface area contributed by atoms with E-state index in [0.29, 0.717) is 13.1 Å². The van der Waals surface area contributed by atoms with Gasteiger partial charge in [0.15, 0.2) is 0 Å². The van der Waals surface area contributed by atoms with E-state index in [1.807, 2.05) is 53.1 Å². The fourth-order valence-electron chi connectivity index (χ4n) is 2.66. The lowest BCUT2D eigenvalue weighted by atomic mass is 10.2. The standard InChI is InChI=1S/C18H20ClN3O2/c19-11-15(24)12-20-14-6-7-17-16(10-14)21-18(22(17)8-9-23)13-4-2-1-3-5-13/h1-7,10,15,20,23-24H,8-9,11-12H2. The van der Waals surface area contributed by atoms with E-state index >= 15 is 0 Å². The predicted octanol–water partition coefficient (Wildman–Crippen LogP) is 2.71. The van der Waals surface area contributed by atoms with E-state index in [0.717, 1.165) is 28.1 Å². The molecule has 126 valence electrons. The van der Waals surface area contributed by atoms with Crippen molar-refractivity contribution >= 4 is 28.3 Å². The first-order valence-electron chi connectivity index (χ1n) is 7.87. The van der Waals surface area contributed by atoms with Gasteiger partial charge < -0.3 is 20.1 Å². The topological polar surface area (TPSA) is 70.3 Å². The molecule has 24 heavy (non-hydrogen) atoms. The number of aromatic nitrogens is 2. The molecule has 3 aromatic rings. The number of alkyl halides is 1. The van der Waals surface area contributed by atoms with Gasteiger partial charge >= 0.3 is 0 Å². The molecule has 0 aliphatic heterocycles. The zero-order chi connectivity index (χ0) is 16.9. The highest BCUT2D eigenvalue weighted by Crippen LogP contribution is 2.26. The van der Waals surface area contributed by atoms with Gasteiger partial charge in [0.25, 0.3) is 0 Å². The van der Waals surface area contributed by atoms with Gasteiger partial charge in [0.1, 0.15) is 5.82 Å². The highest BCUT2D eigenvalue weighted by molar-refractivity contribution is 6.18. The quantitative estimate of drug-likeness (QED) is 0.576. The summed E-state index contributed by atoms with van der Waals surface area (Å²) in [6.07, 6.45) is -0.589. The number of aliphatic hydroxyl groups excluding tert-OH is 2. The third kappa shape index (κ3) is 3.53. The molecule has 3 rings (SSSR count). The SMILES string of the molecule is OCCn1c(-c2ccccc2)nc2cc(NCC(O)CCl)ccc21. The van der Waals surface area contributed by atoms with Crippen molar-refractivity contribution in [2.45, 2.75) is 12.6 Å². The average molecular weight is 346 g/mol. The lowest BCUT2D eigenvalue weighted by molar-refractivity contribution is 0.211. The van der Waals surface area contributed by atoms with Crippen LogP contribution in [0.15, 0.2) is 48.5 Å². The van der Waals surface area contributed by atoms with E-state index in [4.69, 9.17) is 16.6 Å². The van der Waals surface area contributed by atoms with Crippen LogP contribution in [0.5, 0.6) is 0 Å². The van der Waals surface area contributed by atoms with Gasteiger partial charge in [-0.3, -0.25) is 0 Å². The molecular weight excluding hydrogens is 326 g/mol. The molecule has 0 fully saturated rings. The van der Waals surface area contributed by atoms with Gasteiger partial charge in [-0.05, 0) is 18.2 Å². The van der Waals surface area contributed by atoms with Crippen LogP contribution in [-0.4, -0.2) is 44.9 Å². The van der Waals surface area contributed by atoms with Crippen molar-refractivity contribution < 1.29 is 10.2 Å². The van der Waals surface area contributed by atoms with Crippen molar-refractivity contribution in [2.24, 2.45) is 0 Å². The summed E-state index contributed by atoms with van der Waals surface area (Å²) in [6.45, 7) is 0.920. The first-order valence-corrected chi connectivity index (χ1v) is 8.41. The molecule has 1 atom stereocenters. The normalized spacial score (nSPS) is 12.5. The van der Waals surface area contributed by atoms with Crippen LogP contribution < -0.4 is 5.32 Å². The van der Waals surface area contributed by atoms with E-state index < -0.39 is 6.10 Å². The van der Waals surface area contributed by atoms with Crippen LogP contribution in [0.1, 0.15) is 0 Å². The monoisotopic (exact) mass is 345 g/mol. The highest BCUT2D eigenvalue weighted by atomic mass is 35.5. The molecule has 0 saturated carbocycles. The number of hydrogen-bond acceptors (Lipinski definition) is 4. The van der Waals surface area contributed by atoms with Crippen molar-refractivity contribution in [2.75, 3.05) is 24.3 Å². The zero-order valence-electron chi connectivity index (χ0n) is 13.2. The summed E-state index contributed by atoms with van der Waals surface area (Å²) >= 11 is 5.61. The summed E-state index contributed by atoms with van der Waals surface area (Å²) in [5.74, 6) is 1.02. The molecular formula is C18H20ClN3O2. The number of nitrogens with one attached hydrogen (secondary N) is 1. The number of fused-ring (bicyclic) bond motifs is 1. The van der Waals surface area contributed by atoms with Crippen LogP contribution in [0.2, 0.25) is 0 Å². The predicted molar refractivity (Wildman–Crippen MR) is 97.5 cm³/mol. The van der Waals surface area contributed by atoms with Crippen LogP contribution in [0.4, 0.5) is 5.69 Å². The molecule has 0 bridgehead atoms. The maximum atomic E-state index is 9.56. The Morgan fingerprint density at radius 2 is 1.96 bits per heavy atom. The Morgan fingerprint density at radius 3 is 2.67 bits per heavy atom. The maximum Gasteiger partial charge on any atom is 0.141 e. The number of hydrogen-bond donors (Lipinski definition) is 3. The molecule has 5 nitrogen and oxygen atoms in total. The van der Waals surface area contributed by atoms with Crippen molar-refractivity contribution in [1.29, 1.82) is 0 Å². The highest BCUT2D eigenvalue weighted by Gasteiger charge is 2.13. The summed E-state index contributed by atoms with van der Waals surface area (Å²) in [5.41, 5.74) is 3.69. The van der Waals surface area contributed by atoms with Gasteiger partial charge in [0.05, 0.1) is 29.6 Å². The molecule has 0 radical (unpaired) electrons. The lowest BCUT2D eigenvalue weighted by Crippen LogP contribution is -2.20. The van der Waals surface area contributed by atoms with Crippen LogP contribution >= 0.6 is 11.6 Å². The van der Waals surface area contributed by atoms with Gasteiger partial charge in [0, 0.05) is 24.3 Å². The van der Waals surface area contributed by atoms with Crippen LogP contribution in [0.25, 0.3) is 22.4 Å². The number of rotatable bonds is 7. The molecule has 0 saturated heterocycles. The summed E-state index contributed by atoms with van der Waals surface area (Å²) in [5, 5.41) is 22.1. The van der Waals surface area contributed by atoms with Crippen LogP contribution in [0, 0.1) is 0 Å². The average Bonchev–Trinajstić information content (AvgIpc) is 2.98. The molecule has 1 unspecified atom stereocenters. The molecule has 1 aromatic heterocycles. The number of halogens is 1. The van der Waals surface area contributed by atoms with E-state index in [1.165, 1.54) is 0 Å². The minimum Gasteiger partial charge on any atom is -0.395 e. The number of benzene rings is 2. The molecule has 3 N–H and O–H groups in total. The Labute approximate surface area is 145 Å². The van der Waals surface area contributed by atoms with Crippen molar-refractivity contribution in [3.63, 3.8) is 0 Å². The largest absolute Gasteiger partial charge is 0.395 e. The minimum atomic E-state index is -0.589. The number of aliphatic hydroxyl groups is 2. The minimum absolute atomic E-state index is 0.0488. The smallest absolute Gasteiger partial charge is 0.141 e. The fraction of sp³-hybridized carbons (Fsp3) is 0.278. The summed E-state index contributed by atoms with van der Waals surface area (Å²) in [4.78, 5) is 4.73. The molecule has 6 heteroatoms. The van der Waals surface area contributed by atoms with Crippen LogP contribution in [-0.2, 0) is 6.54 Å². The molecule has 0 aliphatic carbocycles. The lowest BCUT2D eigenvalue weighted by Gasteiger charge is -2.10. The summed E-state index contributed by atoms with van der Waals surface area (Å²) in [7, 11) is 0. The Hall–Kier alpha value is -2.08. The molecule has 0 amide bonds. The first-order chi connectivity index (χ1) is 11.7. The first kappa shape index (κ1) is 16.8. The van der Waals surface area contributed by atoms with E-state index in [-0.39, 0.29) is 12.5 Å². The summed E-state index contributed by atoms with van der Waals surface area (Å²) < 4.78 is 2.02. The molecule has 0 aliphatic rings. The second-order valence-corrected chi connectivity index (χ2v) is 5.88. The number of nitrogens with zero attached hydrogens (tertiary/aromatic N) is 2. The Morgan fingerprint density at radius 1 is 1.17 bits per heavy atom. The molecule has 1 heterocycles. The fourth-order valence-corrected chi connectivity index (χ4v) is 2.77. The maximum absolute atomic E-state index is 9.56. The number of imidazole rings is 1. The van der Waals surface area contributed by atoms with Crippen molar-refractivity contribution in [1.82, 2.24) is 9.55 Å². The zero-order valence-corrected chi connectivity index (χ0v) is 13.9. The Bertz CT molecular complexity index is 805. The number of anilines is 1. The van der Waals surface area contributed by atoms with Crippen LogP contribution in [0.3, 0.4) is 0 Å². The van der Waals surface area contributed by atoms with Gasteiger partial charge in [-0.25, -0.2) is 4.98 Å². The van der Waals surface area contributed by atoms with Gasteiger partial charge in [-0.1, -0.05) is 30.3 Å². The Kier molecular flexibility index (Phi) is 5.35. The third-order valence-corrected chi connectivity index (χ3v) is 4.18. The second kappa shape index (κ2) is 7.66. The Balaban J connectivity index is 1.98. The second-order valence-electron chi connectivity index (χ2n) is 5.57. The van der Waals surface area contributed by atoms with E-state index in [9.17, 15) is 10.2 Å². The van der Waals surface area contributed by atoms with Gasteiger partial charge in [0.2, 0.25) is 0 Å². The van der Waals surface area contributed by atoms with E-state index in [1.54, 1.807) is 0 Å². The van der Waals surface area contributed by atoms with Crippen molar-refractivity contribution in [3.8, 4) is 11.4 Å². The van der Waals surface area contributed by atoms with Gasteiger partial charge in [-0.15, -0.1) is 11.6 Å². The van der Waals surface area contributed by atoms with E-state index in [2.05, 4.69) is 5.32 Å². The third-order valence-electron chi connectivity index (χ3n) is 3.82. The molecule has 2 aromatic carbocycles.